The molecule has 2 bridgehead atoms. The summed E-state index contributed by atoms with van der Waals surface area (Å²) < 4.78 is 0. The van der Waals surface area contributed by atoms with Crippen molar-refractivity contribution in [3.63, 3.8) is 0 Å². The summed E-state index contributed by atoms with van der Waals surface area (Å²) >= 11 is 0. The van der Waals surface area contributed by atoms with Crippen molar-refractivity contribution in [2.45, 2.75) is 51.1 Å². The minimum absolute atomic E-state index is 0.0996. The van der Waals surface area contributed by atoms with Gasteiger partial charge in [-0.3, -0.25) is 4.79 Å². The lowest BCUT2D eigenvalue weighted by Gasteiger charge is -2.53. The molecule has 3 fully saturated rings. The van der Waals surface area contributed by atoms with Gasteiger partial charge in [0.05, 0.1) is 5.56 Å². The van der Waals surface area contributed by atoms with Gasteiger partial charge in [-0.15, -0.1) is 0 Å². The number of anilines is 1. The Morgan fingerprint density at radius 1 is 1.26 bits per heavy atom. The Hall–Kier alpha value is -1.51. The third-order valence-corrected chi connectivity index (χ3v) is 7.17. The number of carbonyl (C=O) groups is 1. The van der Waals surface area contributed by atoms with E-state index in [4.69, 9.17) is 0 Å². The fourth-order valence-corrected chi connectivity index (χ4v) is 6.50. The quantitative estimate of drug-likeness (QED) is 0.891. The number of nitrogens with one attached hydrogen (secondary N) is 1. The van der Waals surface area contributed by atoms with Gasteiger partial charge in [0.1, 0.15) is 5.66 Å². The summed E-state index contributed by atoms with van der Waals surface area (Å²) in [5.41, 5.74) is 1.82. The monoisotopic (exact) mass is 310 g/mol. The van der Waals surface area contributed by atoms with Crippen molar-refractivity contribution in [3.8, 4) is 0 Å². The summed E-state index contributed by atoms with van der Waals surface area (Å²) in [5.74, 6) is 3.53. The van der Waals surface area contributed by atoms with Crippen LogP contribution in [0.15, 0.2) is 24.3 Å². The molecule has 3 heteroatoms. The number of rotatable bonds is 2. The maximum Gasteiger partial charge on any atom is 0.257 e. The molecule has 1 heterocycles. The highest BCUT2D eigenvalue weighted by Gasteiger charge is 2.64. The summed E-state index contributed by atoms with van der Waals surface area (Å²) in [4.78, 5) is 15.4. The van der Waals surface area contributed by atoms with Crippen molar-refractivity contribution in [2.24, 2.45) is 23.7 Å². The van der Waals surface area contributed by atoms with Crippen LogP contribution in [0.2, 0.25) is 0 Å². The van der Waals surface area contributed by atoms with E-state index in [1.54, 1.807) is 0 Å². The van der Waals surface area contributed by atoms with E-state index in [9.17, 15) is 4.79 Å². The van der Waals surface area contributed by atoms with Crippen LogP contribution in [0.1, 0.15) is 55.8 Å². The Labute approximate surface area is 138 Å². The van der Waals surface area contributed by atoms with Gasteiger partial charge in [-0.1, -0.05) is 25.5 Å². The largest absolute Gasteiger partial charge is 0.362 e. The van der Waals surface area contributed by atoms with Gasteiger partial charge in [-0.2, -0.15) is 0 Å². The van der Waals surface area contributed by atoms with Crippen LogP contribution in [0.25, 0.3) is 0 Å². The number of para-hydroxylation sites is 1. The molecular weight excluding hydrogens is 284 g/mol. The summed E-state index contributed by atoms with van der Waals surface area (Å²) in [6.07, 6.45) is 7.74. The van der Waals surface area contributed by atoms with Gasteiger partial charge in [-0.25, -0.2) is 0 Å². The van der Waals surface area contributed by atoms with Crippen LogP contribution >= 0.6 is 0 Å². The third-order valence-electron chi connectivity index (χ3n) is 7.17. The molecule has 3 aliphatic carbocycles. The Bertz CT molecular complexity index is 657. The fraction of sp³-hybridized carbons (Fsp3) is 0.650. The van der Waals surface area contributed by atoms with Crippen molar-refractivity contribution in [1.82, 2.24) is 4.90 Å². The average molecular weight is 310 g/mol. The minimum Gasteiger partial charge on any atom is -0.362 e. The molecule has 5 atom stereocenters. The maximum atomic E-state index is 13.2. The second-order valence-corrected chi connectivity index (χ2v) is 8.12. The molecule has 0 saturated heterocycles. The van der Waals surface area contributed by atoms with E-state index in [0.717, 1.165) is 42.0 Å². The molecule has 3 nitrogen and oxygen atoms in total. The molecule has 1 aliphatic heterocycles. The maximum absolute atomic E-state index is 13.2. The molecule has 0 radical (unpaired) electrons. The average Bonchev–Trinajstić information content (AvgIpc) is 3.23. The summed E-state index contributed by atoms with van der Waals surface area (Å²) in [7, 11) is 0. The van der Waals surface area contributed by atoms with Crippen molar-refractivity contribution in [3.05, 3.63) is 29.8 Å². The minimum atomic E-state index is -0.0996. The molecule has 23 heavy (non-hydrogen) atoms. The first kappa shape index (κ1) is 13.9. The van der Waals surface area contributed by atoms with E-state index >= 15 is 0 Å². The smallest absolute Gasteiger partial charge is 0.257 e. The molecule has 0 aromatic heterocycles. The number of carbonyl (C=O) groups excluding carboxylic acids is 1. The molecule has 1 aromatic carbocycles. The van der Waals surface area contributed by atoms with Crippen molar-refractivity contribution in [2.75, 3.05) is 11.9 Å². The lowest BCUT2D eigenvalue weighted by atomic mass is 9.73. The van der Waals surface area contributed by atoms with Crippen molar-refractivity contribution < 1.29 is 4.79 Å². The molecule has 5 rings (SSSR count). The first-order valence-electron chi connectivity index (χ1n) is 9.44. The van der Waals surface area contributed by atoms with Crippen LogP contribution in [0.4, 0.5) is 5.69 Å². The van der Waals surface area contributed by atoms with Crippen LogP contribution in [-0.4, -0.2) is 23.0 Å². The van der Waals surface area contributed by atoms with E-state index in [-0.39, 0.29) is 11.6 Å². The van der Waals surface area contributed by atoms with Gasteiger partial charge >= 0.3 is 0 Å². The van der Waals surface area contributed by atoms with Gasteiger partial charge in [-0.05, 0) is 62.0 Å². The highest BCUT2D eigenvalue weighted by molar-refractivity contribution is 6.02. The highest BCUT2D eigenvalue weighted by Crippen LogP contribution is 2.64. The lowest BCUT2D eigenvalue weighted by molar-refractivity contribution is 0.0147. The predicted octanol–water partition coefficient (Wildman–Crippen LogP) is 4.12. The molecular formula is C20H26N2O. The van der Waals surface area contributed by atoms with E-state index in [1.165, 1.54) is 32.1 Å². The number of nitrogens with zero attached hydrogens (tertiary/aromatic N) is 1. The summed E-state index contributed by atoms with van der Waals surface area (Å²) in [5, 5.41) is 3.89. The summed E-state index contributed by atoms with van der Waals surface area (Å²) in [6, 6.07) is 8.10. The zero-order chi connectivity index (χ0) is 15.6. The number of hydrogen-bond donors (Lipinski definition) is 1. The van der Waals surface area contributed by atoms with Crippen molar-refractivity contribution in [1.29, 1.82) is 0 Å². The topological polar surface area (TPSA) is 32.3 Å². The highest BCUT2D eigenvalue weighted by atomic mass is 16.2. The van der Waals surface area contributed by atoms with E-state index in [1.807, 2.05) is 18.2 Å². The Balaban J connectivity index is 1.60. The zero-order valence-electron chi connectivity index (χ0n) is 13.9. The zero-order valence-corrected chi connectivity index (χ0v) is 13.9. The van der Waals surface area contributed by atoms with Gasteiger partial charge in [0.25, 0.3) is 5.91 Å². The Morgan fingerprint density at radius 2 is 2.09 bits per heavy atom. The second-order valence-electron chi connectivity index (χ2n) is 8.12. The molecule has 1 spiro atoms. The number of benzene rings is 1. The first-order chi connectivity index (χ1) is 11.2. The van der Waals surface area contributed by atoms with Crippen LogP contribution in [-0.2, 0) is 0 Å². The number of amides is 1. The van der Waals surface area contributed by atoms with Crippen LogP contribution in [0.3, 0.4) is 0 Å². The molecule has 1 aromatic rings. The van der Waals surface area contributed by atoms with Crippen LogP contribution < -0.4 is 5.32 Å². The van der Waals surface area contributed by atoms with Gasteiger partial charge in [0, 0.05) is 18.2 Å². The molecule has 0 unspecified atom stereocenters. The third kappa shape index (κ3) is 1.68. The normalized spacial score (nSPS) is 40.4. The van der Waals surface area contributed by atoms with E-state index < -0.39 is 0 Å². The number of fused-ring (bicyclic) bond motifs is 7. The van der Waals surface area contributed by atoms with Crippen molar-refractivity contribution >= 4 is 11.6 Å². The fourth-order valence-electron chi connectivity index (χ4n) is 6.50. The van der Waals surface area contributed by atoms with Crippen LogP contribution in [0.5, 0.6) is 0 Å². The number of hydrogen-bond acceptors (Lipinski definition) is 2. The van der Waals surface area contributed by atoms with E-state index in [2.05, 4.69) is 23.2 Å². The van der Waals surface area contributed by atoms with E-state index in [0.29, 0.717) is 5.92 Å². The van der Waals surface area contributed by atoms with Crippen LogP contribution in [0, 0.1) is 23.7 Å². The predicted molar refractivity (Wildman–Crippen MR) is 91.2 cm³/mol. The molecule has 1 amide bonds. The Morgan fingerprint density at radius 3 is 2.96 bits per heavy atom. The standard InChI is InChI=1S/C20H26N2O/c1-2-10-22-19(23)16-6-3-4-9-18(16)21-20(22)12-13-11-17(20)15-8-5-7-14(13)15/h3-4,6,9,13-15,17,21H,2,5,7-8,10-12H2,1H3/t13-,14-,15+,17-,20+/m1/s1. The Kier molecular flexibility index (Phi) is 2.87. The molecule has 4 aliphatic rings. The molecule has 1 N–H and O–H groups in total. The van der Waals surface area contributed by atoms with Gasteiger partial charge in [0.2, 0.25) is 0 Å². The van der Waals surface area contributed by atoms with Gasteiger partial charge < -0.3 is 10.2 Å². The first-order valence-corrected chi connectivity index (χ1v) is 9.44. The summed E-state index contributed by atoms with van der Waals surface area (Å²) in [6.45, 7) is 3.06. The molecule has 3 saturated carbocycles. The SMILES string of the molecule is CCCN1C(=O)c2ccccc2N[C@@]12C[C@H]1C[C@@H]2[C@H]2CCC[C@H]12. The lowest BCUT2D eigenvalue weighted by Crippen LogP contribution is -2.64. The molecule has 122 valence electrons. The second kappa shape index (κ2) is 4.75. The van der Waals surface area contributed by atoms with Gasteiger partial charge in [0.15, 0.2) is 0 Å².